The highest BCUT2D eigenvalue weighted by Gasteiger charge is 2.47. The first-order valence-corrected chi connectivity index (χ1v) is 10.3. The molecule has 2 bridgehead atoms. The topological polar surface area (TPSA) is 124 Å². The lowest BCUT2D eigenvalue weighted by Crippen LogP contribution is -2.51. The zero-order valence-electron chi connectivity index (χ0n) is 16.5. The molecule has 4 N–H and O–H groups in total. The monoisotopic (exact) mass is 429 g/mol. The molecule has 0 saturated heterocycles. The third-order valence-corrected chi connectivity index (χ3v) is 6.63. The van der Waals surface area contributed by atoms with E-state index in [1.807, 2.05) is 0 Å². The van der Waals surface area contributed by atoms with Crippen LogP contribution in [-0.4, -0.2) is 42.2 Å². The quantitative estimate of drug-likeness (QED) is 0.491. The maximum atomic E-state index is 14.6. The van der Waals surface area contributed by atoms with Crippen LogP contribution in [0.15, 0.2) is 18.5 Å². The zero-order valence-corrected chi connectivity index (χ0v) is 16.5. The Morgan fingerprint density at radius 2 is 1.90 bits per heavy atom. The molecule has 6 rings (SSSR count). The number of nitrogens with zero attached hydrogens (tertiary/aromatic N) is 3. The first-order chi connectivity index (χ1) is 15.0. The van der Waals surface area contributed by atoms with E-state index in [1.54, 1.807) is 0 Å². The summed E-state index contributed by atoms with van der Waals surface area (Å²) in [5.74, 6) is -2.59. The van der Waals surface area contributed by atoms with Crippen LogP contribution in [-0.2, 0) is 11.4 Å². The summed E-state index contributed by atoms with van der Waals surface area (Å²) in [6, 6.07) is 0.815. The largest absolute Gasteiger partial charge is 0.481 e. The van der Waals surface area contributed by atoms with E-state index in [1.165, 1.54) is 6.07 Å². The molecule has 0 amide bonds. The van der Waals surface area contributed by atoms with Gasteiger partial charge >= 0.3 is 5.97 Å². The molecule has 0 unspecified atom stereocenters. The van der Waals surface area contributed by atoms with Crippen LogP contribution in [0.1, 0.15) is 31.4 Å². The molecule has 3 aromatic heterocycles. The van der Waals surface area contributed by atoms with Crippen LogP contribution in [0.5, 0.6) is 0 Å². The van der Waals surface area contributed by atoms with Crippen molar-refractivity contribution in [3.05, 3.63) is 35.8 Å². The summed E-state index contributed by atoms with van der Waals surface area (Å²) in [4.78, 5) is 27.1. The number of carbonyl (C=O) groups is 1. The van der Waals surface area contributed by atoms with Gasteiger partial charge in [-0.25, -0.2) is 23.7 Å². The molecule has 0 aromatic carbocycles. The van der Waals surface area contributed by atoms with E-state index < -0.39 is 36.2 Å². The number of hydrogen-bond donors (Lipinski definition) is 4. The maximum absolute atomic E-state index is 14.6. The lowest BCUT2D eigenvalue weighted by molar-refractivity contribution is -0.148. The van der Waals surface area contributed by atoms with Crippen LogP contribution >= 0.6 is 0 Å². The Kier molecular flexibility index (Phi) is 4.81. The number of hydrogen-bond acceptors (Lipinski definition) is 6. The Labute approximate surface area is 175 Å². The first kappa shape index (κ1) is 19.8. The summed E-state index contributed by atoms with van der Waals surface area (Å²) >= 11 is 0. The summed E-state index contributed by atoms with van der Waals surface area (Å²) in [5.41, 5.74) is 0.997. The van der Waals surface area contributed by atoms with Crippen LogP contribution in [0.3, 0.4) is 0 Å². The van der Waals surface area contributed by atoms with Gasteiger partial charge in [0.15, 0.2) is 17.5 Å². The second kappa shape index (κ2) is 7.52. The van der Waals surface area contributed by atoms with Gasteiger partial charge in [0.25, 0.3) is 0 Å². The fraction of sp³-hybridized carbons (Fsp3) is 0.429. The third kappa shape index (κ3) is 3.31. The van der Waals surface area contributed by atoms with Crippen molar-refractivity contribution in [1.82, 2.24) is 19.9 Å². The highest BCUT2D eigenvalue weighted by Crippen LogP contribution is 2.46. The molecule has 3 aromatic rings. The number of aromatic nitrogens is 4. The number of carboxylic acid groups (broad SMARTS) is 1. The Morgan fingerprint density at radius 1 is 1.16 bits per heavy atom. The molecule has 3 saturated carbocycles. The molecular formula is C21H21F2N5O3. The molecule has 3 heterocycles. The second-order valence-electron chi connectivity index (χ2n) is 8.29. The van der Waals surface area contributed by atoms with Crippen molar-refractivity contribution in [3.8, 4) is 11.4 Å². The Balaban J connectivity index is 1.56. The van der Waals surface area contributed by atoms with Crippen molar-refractivity contribution in [2.45, 2.75) is 38.3 Å². The summed E-state index contributed by atoms with van der Waals surface area (Å²) in [7, 11) is 0. The van der Waals surface area contributed by atoms with E-state index >= 15 is 0 Å². The van der Waals surface area contributed by atoms with Crippen molar-refractivity contribution in [2.24, 2.45) is 17.8 Å². The highest BCUT2D eigenvalue weighted by atomic mass is 19.1. The summed E-state index contributed by atoms with van der Waals surface area (Å²) in [6.45, 7) is -0.399. The number of nitrogens with one attached hydrogen (secondary N) is 2. The minimum Gasteiger partial charge on any atom is -0.481 e. The maximum Gasteiger partial charge on any atom is 0.308 e. The molecule has 3 fully saturated rings. The number of aliphatic hydroxyl groups excluding tert-OH is 1. The predicted octanol–water partition coefficient (Wildman–Crippen LogP) is 3.09. The van der Waals surface area contributed by atoms with Gasteiger partial charge < -0.3 is 20.5 Å². The van der Waals surface area contributed by atoms with Crippen molar-refractivity contribution < 1.29 is 23.8 Å². The van der Waals surface area contributed by atoms with Crippen LogP contribution in [0.4, 0.5) is 14.6 Å². The SMILES string of the molecule is O=C(O)[C@H]1C2CCC(CC2)[C@@H]1Nc1nc(-c2c(CO)[nH]c3ncc(F)cc23)ncc1F. The second-order valence-corrected chi connectivity index (χ2v) is 8.29. The van der Waals surface area contributed by atoms with Crippen LogP contribution in [0, 0.1) is 29.4 Å². The fourth-order valence-electron chi connectivity index (χ4n) is 5.23. The minimum absolute atomic E-state index is 0.0630. The molecule has 8 nitrogen and oxygen atoms in total. The predicted molar refractivity (Wildman–Crippen MR) is 107 cm³/mol. The normalized spacial score (nSPS) is 25.1. The number of H-pyrrole nitrogens is 1. The molecule has 31 heavy (non-hydrogen) atoms. The van der Waals surface area contributed by atoms with Gasteiger partial charge in [-0.1, -0.05) is 0 Å². The molecule has 3 aliphatic carbocycles. The molecular weight excluding hydrogens is 408 g/mol. The van der Waals surface area contributed by atoms with Gasteiger partial charge in [-0.3, -0.25) is 4.79 Å². The number of fused-ring (bicyclic) bond motifs is 4. The minimum atomic E-state index is -0.887. The van der Waals surface area contributed by atoms with Crippen molar-refractivity contribution in [2.75, 3.05) is 5.32 Å². The molecule has 0 radical (unpaired) electrons. The number of aromatic amines is 1. The van der Waals surface area contributed by atoms with Gasteiger partial charge in [0.2, 0.25) is 0 Å². The summed E-state index contributed by atoms with van der Waals surface area (Å²) in [6.07, 6.45) is 5.57. The van der Waals surface area contributed by atoms with E-state index in [4.69, 9.17) is 0 Å². The van der Waals surface area contributed by atoms with Gasteiger partial charge in [0.1, 0.15) is 11.5 Å². The average Bonchev–Trinajstić information content (AvgIpc) is 3.13. The molecule has 2 atom stereocenters. The Morgan fingerprint density at radius 3 is 2.61 bits per heavy atom. The fourth-order valence-corrected chi connectivity index (χ4v) is 5.23. The number of carboxylic acids is 1. The van der Waals surface area contributed by atoms with Crippen LogP contribution in [0.25, 0.3) is 22.4 Å². The van der Waals surface area contributed by atoms with E-state index in [2.05, 4.69) is 25.3 Å². The van der Waals surface area contributed by atoms with E-state index in [-0.39, 0.29) is 23.5 Å². The van der Waals surface area contributed by atoms with Crippen molar-refractivity contribution >= 4 is 22.8 Å². The Bertz CT molecular complexity index is 1160. The molecule has 3 aliphatic rings. The summed E-state index contributed by atoms with van der Waals surface area (Å²) < 4.78 is 28.4. The first-order valence-electron chi connectivity index (χ1n) is 10.3. The standard InChI is InChI=1S/C21H21F2N5O3/c22-11-5-12-16(14(8-29)26-18(12)24-6-11)20-25-7-13(23)19(28-20)27-17-10-3-1-9(2-4-10)15(17)21(30)31/h5-7,9-10,15,17,29H,1-4,8H2,(H,24,26)(H,30,31)(H,25,27,28)/t9?,10?,15-,17-/m0/s1. The number of pyridine rings is 1. The number of anilines is 1. The lowest BCUT2D eigenvalue weighted by atomic mass is 9.61. The molecule has 10 heteroatoms. The Hall–Kier alpha value is -3.14. The lowest BCUT2D eigenvalue weighted by Gasteiger charge is -2.47. The van der Waals surface area contributed by atoms with Gasteiger partial charge in [-0.05, 0) is 43.6 Å². The number of aliphatic carboxylic acids is 1. The van der Waals surface area contributed by atoms with Crippen LogP contribution in [0.2, 0.25) is 0 Å². The van der Waals surface area contributed by atoms with Gasteiger partial charge in [-0.15, -0.1) is 0 Å². The molecule has 0 aliphatic heterocycles. The van der Waals surface area contributed by atoms with Crippen molar-refractivity contribution in [1.29, 1.82) is 0 Å². The number of aliphatic hydroxyl groups is 1. The highest BCUT2D eigenvalue weighted by molar-refractivity contribution is 5.93. The average molecular weight is 429 g/mol. The van der Waals surface area contributed by atoms with E-state index in [0.29, 0.717) is 22.3 Å². The van der Waals surface area contributed by atoms with Gasteiger partial charge in [-0.2, -0.15) is 0 Å². The zero-order chi connectivity index (χ0) is 21.7. The molecule has 0 spiro atoms. The smallest absolute Gasteiger partial charge is 0.308 e. The van der Waals surface area contributed by atoms with Crippen molar-refractivity contribution in [3.63, 3.8) is 0 Å². The summed E-state index contributed by atoms with van der Waals surface area (Å²) in [5, 5.41) is 22.9. The molecule has 162 valence electrons. The van der Waals surface area contributed by atoms with E-state index in [0.717, 1.165) is 38.1 Å². The number of rotatable bonds is 5. The van der Waals surface area contributed by atoms with E-state index in [9.17, 15) is 23.8 Å². The van der Waals surface area contributed by atoms with Crippen LogP contribution < -0.4 is 5.32 Å². The van der Waals surface area contributed by atoms with Gasteiger partial charge in [0.05, 0.1) is 36.2 Å². The number of halogens is 2. The third-order valence-electron chi connectivity index (χ3n) is 6.63. The van der Waals surface area contributed by atoms with Gasteiger partial charge in [0, 0.05) is 11.4 Å².